The third-order valence-corrected chi connectivity index (χ3v) is 4.92. The molecule has 0 bridgehead atoms. The summed E-state index contributed by atoms with van der Waals surface area (Å²) in [5.74, 6) is -0.216. The van der Waals surface area contributed by atoms with Crippen LogP contribution < -0.4 is 5.32 Å². The number of anilines is 1. The second kappa shape index (κ2) is 11.2. The van der Waals surface area contributed by atoms with Crippen LogP contribution in [0.4, 0.5) is 14.9 Å². The van der Waals surface area contributed by atoms with Crippen LogP contribution in [-0.2, 0) is 17.9 Å². The highest BCUT2D eigenvalue weighted by Gasteiger charge is 2.22. The molecule has 3 aromatic rings. The molecule has 0 aliphatic carbocycles. The van der Waals surface area contributed by atoms with Crippen LogP contribution in [0.1, 0.15) is 11.3 Å². The lowest BCUT2D eigenvalue weighted by molar-refractivity contribution is -0.133. The van der Waals surface area contributed by atoms with E-state index in [2.05, 4.69) is 11.9 Å². The van der Waals surface area contributed by atoms with E-state index in [0.29, 0.717) is 18.0 Å². The number of hydrogen-bond acceptors (Lipinski definition) is 3. The average Bonchev–Trinajstić information content (AvgIpc) is 3.29. The molecule has 2 aromatic carbocycles. The van der Waals surface area contributed by atoms with Crippen molar-refractivity contribution in [1.29, 1.82) is 0 Å². The maximum Gasteiger partial charge on any atom is 0.322 e. The fourth-order valence-corrected chi connectivity index (χ4v) is 3.22. The van der Waals surface area contributed by atoms with Crippen molar-refractivity contribution in [3.8, 4) is 0 Å². The summed E-state index contributed by atoms with van der Waals surface area (Å²) >= 11 is 5.78. The van der Waals surface area contributed by atoms with Crippen LogP contribution in [0.3, 0.4) is 0 Å². The summed E-state index contributed by atoms with van der Waals surface area (Å²) in [6, 6.07) is 16.4. The number of amides is 3. The van der Waals surface area contributed by atoms with Gasteiger partial charge in [0.25, 0.3) is 0 Å². The van der Waals surface area contributed by atoms with E-state index in [1.165, 1.54) is 23.1 Å². The van der Waals surface area contributed by atoms with Gasteiger partial charge in [0.2, 0.25) is 5.91 Å². The lowest BCUT2D eigenvalue weighted by Crippen LogP contribution is -2.44. The van der Waals surface area contributed by atoms with Crippen LogP contribution in [0.25, 0.3) is 0 Å². The number of rotatable bonds is 9. The standard InChI is InChI=1S/C24H23ClFN3O3/c1-2-12-28(24(31)27-19-10-11-22(26)21(25)14-19)17-23(30)29(16-20-9-6-13-32-20)15-18-7-4-3-5-8-18/h2-11,13-14H,1,12,15-17H2,(H,27,31). The first-order valence-corrected chi connectivity index (χ1v) is 10.3. The van der Waals surface area contributed by atoms with Crippen molar-refractivity contribution in [1.82, 2.24) is 9.80 Å². The van der Waals surface area contributed by atoms with E-state index < -0.39 is 11.8 Å². The second-order valence-electron chi connectivity index (χ2n) is 7.04. The lowest BCUT2D eigenvalue weighted by atomic mass is 10.2. The molecule has 0 aliphatic heterocycles. The predicted octanol–water partition coefficient (Wildman–Crippen LogP) is 5.32. The van der Waals surface area contributed by atoms with Crippen LogP contribution in [0, 0.1) is 5.82 Å². The molecule has 0 fully saturated rings. The maximum atomic E-state index is 13.4. The van der Waals surface area contributed by atoms with Crippen LogP contribution in [-0.4, -0.2) is 34.8 Å². The summed E-state index contributed by atoms with van der Waals surface area (Å²) < 4.78 is 18.8. The molecule has 0 aliphatic rings. The zero-order chi connectivity index (χ0) is 22.9. The van der Waals surface area contributed by atoms with Crippen LogP contribution in [0.5, 0.6) is 0 Å². The number of hydrogen-bond donors (Lipinski definition) is 1. The van der Waals surface area contributed by atoms with E-state index >= 15 is 0 Å². The predicted molar refractivity (Wildman–Crippen MR) is 122 cm³/mol. The fourth-order valence-electron chi connectivity index (χ4n) is 3.04. The molecule has 32 heavy (non-hydrogen) atoms. The minimum absolute atomic E-state index is 0.110. The third-order valence-electron chi connectivity index (χ3n) is 4.63. The molecular weight excluding hydrogens is 433 g/mol. The van der Waals surface area contributed by atoms with Gasteiger partial charge in [-0.2, -0.15) is 0 Å². The first-order chi connectivity index (χ1) is 15.5. The zero-order valence-electron chi connectivity index (χ0n) is 17.3. The molecule has 166 valence electrons. The van der Waals surface area contributed by atoms with Gasteiger partial charge in [-0.25, -0.2) is 9.18 Å². The molecule has 0 radical (unpaired) electrons. The summed E-state index contributed by atoms with van der Waals surface area (Å²) in [6.07, 6.45) is 3.07. The van der Waals surface area contributed by atoms with E-state index in [0.717, 1.165) is 11.6 Å². The Labute approximate surface area is 190 Å². The van der Waals surface area contributed by atoms with E-state index in [-0.39, 0.29) is 30.6 Å². The Morgan fingerprint density at radius 2 is 1.84 bits per heavy atom. The van der Waals surface area contributed by atoms with Crippen molar-refractivity contribution in [2.45, 2.75) is 13.1 Å². The summed E-state index contributed by atoms with van der Waals surface area (Å²) in [5, 5.41) is 2.52. The molecule has 3 rings (SSSR count). The molecule has 1 aromatic heterocycles. The maximum absolute atomic E-state index is 13.4. The van der Waals surface area contributed by atoms with Gasteiger partial charge in [-0.15, -0.1) is 6.58 Å². The zero-order valence-corrected chi connectivity index (χ0v) is 18.1. The van der Waals surface area contributed by atoms with Gasteiger partial charge in [0, 0.05) is 18.8 Å². The molecule has 1 N–H and O–H groups in total. The van der Waals surface area contributed by atoms with Crippen LogP contribution in [0.15, 0.2) is 84.0 Å². The van der Waals surface area contributed by atoms with Crippen molar-refractivity contribution in [3.05, 3.63) is 102 Å². The molecule has 3 amide bonds. The molecule has 0 saturated heterocycles. The molecule has 0 spiro atoms. The summed E-state index contributed by atoms with van der Waals surface area (Å²) in [5.41, 5.74) is 1.27. The Morgan fingerprint density at radius 3 is 2.50 bits per heavy atom. The number of urea groups is 1. The van der Waals surface area contributed by atoms with E-state index in [1.807, 2.05) is 30.3 Å². The van der Waals surface area contributed by atoms with Gasteiger partial charge in [-0.05, 0) is 35.9 Å². The summed E-state index contributed by atoms with van der Waals surface area (Å²) in [4.78, 5) is 28.9. The molecular formula is C24H23ClFN3O3. The largest absolute Gasteiger partial charge is 0.467 e. The van der Waals surface area contributed by atoms with Crippen molar-refractivity contribution in [2.24, 2.45) is 0 Å². The molecule has 8 heteroatoms. The average molecular weight is 456 g/mol. The Morgan fingerprint density at radius 1 is 1.06 bits per heavy atom. The van der Waals surface area contributed by atoms with Gasteiger partial charge in [0.1, 0.15) is 18.1 Å². The summed E-state index contributed by atoms with van der Waals surface area (Å²) in [7, 11) is 0. The van der Waals surface area contributed by atoms with Crippen LogP contribution >= 0.6 is 11.6 Å². The van der Waals surface area contributed by atoms with Gasteiger partial charge in [0.05, 0.1) is 17.8 Å². The second-order valence-corrected chi connectivity index (χ2v) is 7.45. The van der Waals surface area contributed by atoms with E-state index in [1.54, 1.807) is 23.3 Å². The number of nitrogens with zero attached hydrogens (tertiary/aromatic N) is 2. The number of benzene rings is 2. The van der Waals surface area contributed by atoms with Crippen molar-refractivity contribution < 1.29 is 18.4 Å². The van der Waals surface area contributed by atoms with Gasteiger partial charge < -0.3 is 19.5 Å². The minimum atomic E-state index is -0.586. The topological polar surface area (TPSA) is 65.8 Å². The number of halogens is 2. The van der Waals surface area contributed by atoms with E-state index in [4.69, 9.17) is 16.0 Å². The van der Waals surface area contributed by atoms with Gasteiger partial charge in [-0.1, -0.05) is 48.0 Å². The van der Waals surface area contributed by atoms with Gasteiger partial charge in [-0.3, -0.25) is 4.79 Å². The normalized spacial score (nSPS) is 10.4. The van der Waals surface area contributed by atoms with Crippen molar-refractivity contribution >= 4 is 29.2 Å². The number of nitrogens with one attached hydrogen (secondary N) is 1. The smallest absolute Gasteiger partial charge is 0.322 e. The highest BCUT2D eigenvalue weighted by atomic mass is 35.5. The molecule has 1 heterocycles. The monoisotopic (exact) mass is 455 g/mol. The molecule has 0 saturated carbocycles. The SMILES string of the molecule is C=CCN(CC(=O)N(Cc1ccccc1)Cc1ccco1)C(=O)Nc1ccc(F)c(Cl)c1. The number of carbonyl (C=O) groups excluding carboxylic acids is 2. The van der Waals surface area contributed by atoms with Crippen molar-refractivity contribution in [2.75, 3.05) is 18.4 Å². The first-order valence-electron chi connectivity index (χ1n) is 9.92. The Balaban J connectivity index is 1.73. The quantitative estimate of drug-likeness (QED) is 0.444. The summed E-state index contributed by atoms with van der Waals surface area (Å²) in [6.45, 7) is 4.25. The number of carbonyl (C=O) groups is 2. The van der Waals surface area contributed by atoms with Gasteiger partial charge in [0.15, 0.2) is 0 Å². The minimum Gasteiger partial charge on any atom is -0.467 e. The van der Waals surface area contributed by atoms with Gasteiger partial charge >= 0.3 is 6.03 Å². The molecule has 6 nitrogen and oxygen atoms in total. The Bertz CT molecular complexity index is 1060. The Hall–Kier alpha value is -3.58. The highest BCUT2D eigenvalue weighted by Crippen LogP contribution is 2.20. The fraction of sp³-hybridized carbons (Fsp3) is 0.167. The number of furan rings is 1. The third kappa shape index (κ3) is 6.46. The van der Waals surface area contributed by atoms with Crippen LogP contribution in [0.2, 0.25) is 5.02 Å². The molecule has 0 atom stereocenters. The Kier molecular flexibility index (Phi) is 8.05. The molecule has 0 unspecified atom stereocenters. The lowest BCUT2D eigenvalue weighted by Gasteiger charge is -2.27. The first kappa shape index (κ1) is 23.1. The van der Waals surface area contributed by atoms with E-state index in [9.17, 15) is 14.0 Å². The van der Waals surface area contributed by atoms with Crippen molar-refractivity contribution in [3.63, 3.8) is 0 Å². The highest BCUT2D eigenvalue weighted by molar-refractivity contribution is 6.31.